The summed E-state index contributed by atoms with van der Waals surface area (Å²) in [6.45, 7) is 3.38. The molecule has 11 heteroatoms. The van der Waals surface area contributed by atoms with Crippen LogP contribution in [-0.2, 0) is 12.0 Å². The van der Waals surface area contributed by atoms with Crippen LogP contribution in [-0.4, -0.2) is 28.1 Å². The highest BCUT2D eigenvalue weighted by molar-refractivity contribution is 5.77. The van der Waals surface area contributed by atoms with Gasteiger partial charge in [-0.1, -0.05) is 6.07 Å². The molecular formula is C14H11F9N2. The van der Waals surface area contributed by atoms with Gasteiger partial charge in [-0.25, -0.2) is 4.98 Å². The third-order valence-electron chi connectivity index (χ3n) is 3.96. The predicted octanol–water partition coefficient (Wildman–Crippen LogP) is 5.29. The van der Waals surface area contributed by atoms with Gasteiger partial charge in [0.1, 0.15) is 5.82 Å². The zero-order chi connectivity index (χ0) is 19.4. The van der Waals surface area contributed by atoms with Gasteiger partial charge in [0.25, 0.3) is 5.41 Å². The van der Waals surface area contributed by atoms with Gasteiger partial charge >= 0.3 is 18.5 Å². The van der Waals surface area contributed by atoms with E-state index in [1.807, 2.05) is 0 Å². The van der Waals surface area contributed by atoms with E-state index in [2.05, 4.69) is 4.98 Å². The van der Waals surface area contributed by atoms with Crippen molar-refractivity contribution < 1.29 is 39.5 Å². The van der Waals surface area contributed by atoms with E-state index in [0.717, 1.165) is 6.07 Å². The van der Waals surface area contributed by atoms with Gasteiger partial charge in [0.15, 0.2) is 0 Å². The van der Waals surface area contributed by atoms with E-state index in [0.29, 0.717) is 6.54 Å². The molecule has 140 valence electrons. The fraction of sp³-hybridized carbons (Fsp3) is 0.500. The minimum atomic E-state index is -6.64. The normalized spacial score (nSPS) is 14.4. The summed E-state index contributed by atoms with van der Waals surface area (Å²) in [5.74, 6) is 0.256. The molecule has 0 amide bonds. The van der Waals surface area contributed by atoms with E-state index in [9.17, 15) is 39.5 Å². The molecule has 0 spiro atoms. The van der Waals surface area contributed by atoms with E-state index in [4.69, 9.17) is 0 Å². The first-order chi connectivity index (χ1) is 11.2. The summed E-state index contributed by atoms with van der Waals surface area (Å²) >= 11 is 0. The lowest BCUT2D eigenvalue weighted by molar-refractivity contribution is -0.387. The highest BCUT2D eigenvalue weighted by Gasteiger charge is 2.84. The van der Waals surface area contributed by atoms with Crippen molar-refractivity contribution in [2.75, 3.05) is 0 Å². The van der Waals surface area contributed by atoms with Crippen LogP contribution in [0.4, 0.5) is 39.5 Å². The molecule has 0 radical (unpaired) electrons. The molecule has 2 rings (SSSR count). The average molecular weight is 378 g/mol. The Bertz CT molecular complexity index is 744. The number of rotatable bonds is 2. The second kappa shape index (κ2) is 5.53. The molecule has 1 aromatic heterocycles. The van der Waals surface area contributed by atoms with Crippen molar-refractivity contribution in [3.63, 3.8) is 0 Å². The zero-order valence-electron chi connectivity index (χ0n) is 12.7. The molecule has 1 aromatic carbocycles. The van der Waals surface area contributed by atoms with Crippen LogP contribution in [0.15, 0.2) is 18.2 Å². The summed E-state index contributed by atoms with van der Waals surface area (Å²) in [7, 11) is 0. The monoisotopic (exact) mass is 378 g/mol. The van der Waals surface area contributed by atoms with Crippen LogP contribution in [0.2, 0.25) is 0 Å². The average Bonchev–Trinajstić information content (AvgIpc) is 2.68. The first-order valence-corrected chi connectivity index (χ1v) is 6.86. The maximum atomic E-state index is 13.1. The van der Waals surface area contributed by atoms with Gasteiger partial charge in [-0.2, -0.15) is 39.5 Å². The van der Waals surface area contributed by atoms with E-state index in [1.165, 1.54) is 11.5 Å². The van der Waals surface area contributed by atoms with E-state index in [-0.39, 0.29) is 29.0 Å². The number of imidazole rings is 1. The number of fused-ring (bicyclic) bond motifs is 1. The van der Waals surface area contributed by atoms with Crippen LogP contribution in [0.3, 0.4) is 0 Å². The Labute approximate surface area is 135 Å². The number of aromatic nitrogens is 2. The molecule has 0 fully saturated rings. The third-order valence-corrected chi connectivity index (χ3v) is 3.96. The molecular weight excluding hydrogens is 367 g/mol. The first kappa shape index (κ1) is 19.4. The number of hydrogen-bond donors (Lipinski definition) is 0. The lowest BCUT2D eigenvalue weighted by Crippen LogP contribution is -2.63. The Hall–Kier alpha value is -1.94. The van der Waals surface area contributed by atoms with Crippen LogP contribution < -0.4 is 0 Å². The Morgan fingerprint density at radius 1 is 0.880 bits per heavy atom. The summed E-state index contributed by atoms with van der Waals surface area (Å²) in [4.78, 5) is 3.77. The van der Waals surface area contributed by atoms with Crippen molar-refractivity contribution in [1.29, 1.82) is 0 Å². The highest BCUT2D eigenvalue weighted by atomic mass is 19.4. The Morgan fingerprint density at radius 3 is 1.76 bits per heavy atom. The fourth-order valence-electron chi connectivity index (χ4n) is 2.86. The molecule has 0 saturated heterocycles. The summed E-state index contributed by atoms with van der Waals surface area (Å²) in [5.41, 5.74) is -8.19. The highest BCUT2D eigenvalue weighted by Crippen LogP contribution is 2.60. The van der Waals surface area contributed by atoms with Crippen molar-refractivity contribution in [2.24, 2.45) is 0 Å². The van der Waals surface area contributed by atoms with Gasteiger partial charge < -0.3 is 4.57 Å². The van der Waals surface area contributed by atoms with Gasteiger partial charge in [0, 0.05) is 6.54 Å². The van der Waals surface area contributed by atoms with Gasteiger partial charge in [0.2, 0.25) is 0 Å². The standard InChI is InChI=1S/C14H11F9N2/c1-3-25-7(2)24-9-6-8(4-5-10(9)25)11(12(15,16)17,13(18,19)20)14(21,22)23/h4-6H,3H2,1-2H3. The quantitative estimate of drug-likeness (QED) is 0.650. The lowest BCUT2D eigenvalue weighted by Gasteiger charge is -2.38. The molecule has 0 atom stereocenters. The van der Waals surface area contributed by atoms with Crippen LogP contribution in [0.25, 0.3) is 11.0 Å². The van der Waals surface area contributed by atoms with Crippen molar-refractivity contribution in [3.05, 3.63) is 29.6 Å². The summed E-state index contributed by atoms with van der Waals surface area (Å²) in [6.07, 6.45) is -19.9. The van der Waals surface area contributed by atoms with Crippen LogP contribution in [0, 0.1) is 6.92 Å². The van der Waals surface area contributed by atoms with Crippen LogP contribution >= 0.6 is 0 Å². The van der Waals surface area contributed by atoms with E-state index < -0.39 is 29.5 Å². The minimum absolute atomic E-state index is 0.143. The summed E-state index contributed by atoms with van der Waals surface area (Å²) in [5, 5.41) is 0. The van der Waals surface area contributed by atoms with Gasteiger partial charge in [0.05, 0.1) is 11.0 Å². The Morgan fingerprint density at radius 2 is 1.36 bits per heavy atom. The molecule has 1 heterocycles. The van der Waals surface area contributed by atoms with Crippen LogP contribution in [0.5, 0.6) is 0 Å². The second-order valence-corrected chi connectivity index (χ2v) is 5.35. The fourth-order valence-corrected chi connectivity index (χ4v) is 2.86. The molecule has 25 heavy (non-hydrogen) atoms. The largest absolute Gasteiger partial charge is 0.416 e. The number of alkyl halides is 9. The summed E-state index contributed by atoms with van der Waals surface area (Å²) < 4.78 is 120. The predicted molar refractivity (Wildman–Crippen MR) is 70.0 cm³/mol. The van der Waals surface area contributed by atoms with Crippen LogP contribution in [0.1, 0.15) is 18.3 Å². The van der Waals surface area contributed by atoms with Crippen molar-refractivity contribution in [2.45, 2.75) is 44.3 Å². The zero-order valence-corrected chi connectivity index (χ0v) is 12.7. The third kappa shape index (κ3) is 2.63. The molecule has 0 bridgehead atoms. The van der Waals surface area contributed by atoms with E-state index >= 15 is 0 Å². The topological polar surface area (TPSA) is 17.8 Å². The molecule has 0 aliphatic heterocycles. The first-order valence-electron chi connectivity index (χ1n) is 6.86. The molecule has 0 aliphatic rings. The minimum Gasteiger partial charge on any atom is -0.329 e. The lowest BCUT2D eigenvalue weighted by atomic mass is 9.77. The maximum absolute atomic E-state index is 13.1. The number of benzene rings is 1. The molecule has 0 saturated carbocycles. The van der Waals surface area contributed by atoms with Crippen molar-refractivity contribution in [3.8, 4) is 0 Å². The second-order valence-electron chi connectivity index (χ2n) is 5.35. The number of hydrogen-bond acceptors (Lipinski definition) is 1. The molecule has 2 aromatic rings. The number of halogens is 9. The van der Waals surface area contributed by atoms with Crippen molar-refractivity contribution in [1.82, 2.24) is 9.55 Å². The Balaban J connectivity index is 2.90. The molecule has 0 unspecified atom stereocenters. The maximum Gasteiger partial charge on any atom is 0.416 e. The summed E-state index contributed by atoms with van der Waals surface area (Å²) in [6, 6.07) is 1.18. The van der Waals surface area contributed by atoms with Gasteiger partial charge in [-0.3, -0.25) is 0 Å². The number of nitrogens with zero attached hydrogens (tertiary/aromatic N) is 2. The number of aryl methyl sites for hydroxylation is 2. The molecule has 0 aliphatic carbocycles. The van der Waals surface area contributed by atoms with Gasteiger partial charge in [-0.05, 0) is 31.5 Å². The van der Waals surface area contributed by atoms with Crippen molar-refractivity contribution >= 4 is 11.0 Å². The Kier molecular flexibility index (Phi) is 4.29. The smallest absolute Gasteiger partial charge is 0.329 e. The SMILES string of the molecule is CCn1c(C)nc2cc(C(C(F)(F)F)(C(F)(F)F)C(F)(F)F)ccc21. The molecule has 0 N–H and O–H groups in total. The molecule has 2 nitrogen and oxygen atoms in total. The van der Waals surface area contributed by atoms with Gasteiger partial charge in [-0.15, -0.1) is 0 Å². The van der Waals surface area contributed by atoms with E-state index in [1.54, 1.807) is 6.92 Å².